The van der Waals surface area contributed by atoms with Crippen LogP contribution in [0, 0.1) is 13.8 Å². The molecule has 1 aliphatic carbocycles. The monoisotopic (exact) mass is 233 g/mol. The molecule has 1 aromatic carbocycles. The van der Waals surface area contributed by atoms with Crippen LogP contribution < -0.4 is 10.1 Å². The molecule has 2 rings (SSSR count). The first-order valence-corrected chi connectivity index (χ1v) is 6.66. The normalized spacial score (nSPS) is 23.9. The molecule has 2 heteroatoms. The molecule has 17 heavy (non-hydrogen) atoms. The lowest BCUT2D eigenvalue weighted by molar-refractivity contribution is 0.205. The molecule has 0 bridgehead atoms. The first-order valence-electron chi connectivity index (χ1n) is 6.66. The van der Waals surface area contributed by atoms with Crippen molar-refractivity contribution in [3.05, 3.63) is 29.3 Å². The molecule has 94 valence electrons. The number of nitrogens with one attached hydrogen (secondary N) is 1. The highest BCUT2D eigenvalue weighted by molar-refractivity contribution is 5.36. The van der Waals surface area contributed by atoms with E-state index in [0.29, 0.717) is 12.1 Å². The molecule has 1 aromatic rings. The average molecular weight is 233 g/mol. The van der Waals surface area contributed by atoms with Crippen LogP contribution in [0.2, 0.25) is 0 Å². The average Bonchev–Trinajstić information content (AvgIpc) is 2.72. The van der Waals surface area contributed by atoms with Crippen molar-refractivity contribution in [2.75, 3.05) is 6.54 Å². The fourth-order valence-corrected chi connectivity index (χ4v) is 2.54. The van der Waals surface area contributed by atoms with Gasteiger partial charge < -0.3 is 10.1 Å². The minimum Gasteiger partial charge on any atom is -0.490 e. The van der Waals surface area contributed by atoms with E-state index in [9.17, 15) is 0 Å². The van der Waals surface area contributed by atoms with Crippen LogP contribution in [0.4, 0.5) is 0 Å². The van der Waals surface area contributed by atoms with Crippen molar-refractivity contribution < 1.29 is 4.74 Å². The van der Waals surface area contributed by atoms with Crippen LogP contribution in [0.15, 0.2) is 18.2 Å². The Morgan fingerprint density at radius 3 is 2.88 bits per heavy atom. The number of hydrogen-bond acceptors (Lipinski definition) is 2. The van der Waals surface area contributed by atoms with Gasteiger partial charge in [-0.1, -0.05) is 19.1 Å². The van der Waals surface area contributed by atoms with Gasteiger partial charge >= 0.3 is 0 Å². The van der Waals surface area contributed by atoms with E-state index in [1.165, 1.54) is 24.0 Å². The predicted molar refractivity (Wildman–Crippen MR) is 71.6 cm³/mol. The maximum absolute atomic E-state index is 6.12. The van der Waals surface area contributed by atoms with Gasteiger partial charge in [-0.2, -0.15) is 0 Å². The third-order valence-electron chi connectivity index (χ3n) is 3.51. The standard InChI is InChI=1S/C15H23NO/c1-4-16-13-7-8-14(10-13)17-15-9-11(2)5-6-12(15)3/h5-6,9,13-14,16H,4,7-8,10H2,1-3H3. The summed E-state index contributed by atoms with van der Waals surface area (Å²) < 4.78 is 6.12. The fourth-order valence-electron chi connectivity index (χ4n) is 2.54. The second-order valence-corrected chi connectivity index (χ2v) is 5.08. The molecular weight excluding hydrogens is 210 g/mol. The van der Waals surface area contributed by atoms with Gasteiger partial charge in [0.2, 0.25) is 0 Å². The molecule has 0 spiro atoms. The zero-order valence-corrected chi connectivity index (χ0v) is 11.1. The quantitative estimate of drug-likeness (QED) is 0.862. The van der Waals surface area contributed by atoms with Crippen LogP contribution in [0.1, 0.15) is 37.3 Å². The maximum Gasteiger partial charge on any atom is 0.122 e. The molecule has 0 aliphatic heterocycles. The predicted octanol–water partition coefficient (Wildman–Crippen LogP) is 3.21. The molecule has 0 saturated heterocycles. The summed E-state index contributed by atoms with van der Waals surface area (Å²) in [6.45, 7) is 7.45. The van der Waals surface area contributed by atoms with E-state index >= 15 is 0 Å². The highest BCUT2D eigenvalue weighted by atomic mass is 16.5. The van der Waals surface area contributed by atoms with Gasteiger partial charge in [0.15, 0.2) is 0 Å². The van der Waals surface area contributed by atoms with Crippen LogP contribution in [0.5, 0.6) is 5.75 Å². The van der Waals surface area contributed by atoms with Crippen molar-refractivity contribution in [2.24, 2.45) is 0 Å². The molecular formula is C15H23NO. The summed E-state index contributed by atoms with van der Waals surface area (Å²) >= 11 is 0. The first kappa shape index (κ1) is 12.4. The van der Waals surface area contributed by atoms with Crippen LogP contribution in [-0.2, 0) is 0 Å². The van der Waals surface area contributed by atoms with Gasteiger partial charge in [0.05, 0.1) is 0 Å². The van der Waals surface area contributed by atoms with E-state index in [0.717, 1.165) is 18.7 Å². The number of hydrogen-bond donors (Lipinski definition) is 1. The van der Waals surface area contributed by atoms with E-state index in [2.05, 4.69) is 44.3 Å². The summed E-state index contributed by atoms with van der Waals surface area (Å²) in [5.74, 6) is 1.06. The van der Waals surface area contributed by atoms with Gasteiger partial charge in [-0.05, 0) is 56.8 Å². The Balaban J connectivity index is 1.95. The fraction of sp³-hybridized carbons (Fsp3) is 0.600. The lowest BCUT2D eigenvalue weighted by atomic mass is 10.1. The van der Waals surface area contributed by atoms with Gasteiger partial charge in [0.25, 0.3) is 0 Å². The molecule has 0 radical (unpaired) electrons. The zero-order chi connectivity index (χ0) is 12.3. The van der Waals surface area contributed by atoms with Crippen LogP contribution >= 0.6 is 0 Å². The Morgan fingerprint density at radius 1 is 1.29 bits per heavy atom. The highest BCUT2D eigenvalue weighted by Gasteiger charge is 2.25. The maximum atomic E-state index is 6.12. The summed E-state index contributed by atoms with van der Waals surface area (Å²) in [4.78, 5) is 0. The number of aryl methyl sites for hydroxylation is 2. The number of benzene rings is 1. The summed E-state index contributed by atoms with van der Waals surface area (Å²) in [7, 11) is 0. The summed E-state index contributed by atoms with van der Waals surface area (Å²) in [6, 6.07) is 7.07. The molecule has 2 nitrogen and oxygen atoms in total. The molecule has 0 aromatic heterocycles. The minimum absolute atomic E-state index is 0.388. The van der Waals surface area contributed by atoms with Gasteiger partial charge in [0.1, 0.15) is 11.9 Å². The van der Waals surface area contributed by atoms with E-state index in [1.807, 2.05) is 0 Å². The van der Waals surface area contributed by atoms with E-state index in [1.54, 1.807) is 0 Å². The Morgan fingerprint density at radius 2 is 2.12 bits per heavy atom. The molecule has 0 heterocycles. The topological polar surface area (TPSA) is 21.3 Å². The van der Waals surface area contributed by atoms with Crippen molar-refractivity contribution in [1.29, 1.82) is 0 Å². The molecule has 2 atom stereocenters. The van der Waals surface area contributed by atoms with Gasteiger partial charge in [-0.15, -0.1) is 0 Å². The third kappa shape index (κ3) is 3.22. The Labute approximate surface area is 104 Å². The van der Waals surface area contributed by atoms with Crippen LogP contribution in [-0.4, -0.2) is 18.7 Å². The lowest BCUT2D eigenvalue weighted by Gasteiger charge is -2.16. The molecule has 1 fully saturated rings. The molecule has 1 aliphatic rings. The van der Waals surface area contributed by atoms with Crippen molar-refractivity contribution in [3.63, 3.8) is 0 Å². The van der Waals surface area contributed by atoms with Crippen molar-refractivity contribution in [3.8, 4) is 5.75 Å². The molecule has 1 N–H and O–H groups in total. The highest BCUT2D eigenvalue weighted by Crippen LogP contribution is 2.27. The van der Waals surface area contributed by atoms with E-state index in [4.69, 9.17) is 4.74 Å². The number of rotatable bonds is 4. The SMILES string of the molecule is CCNC1CCC(Oc2cc(C)ccc2C)C1. The minimum atomic E-state index is 0.388. The Bertz CT molecular complexity index is 375. The molecule has 2 unspecified atom stereocenters. The van der Waals surface area contributed by atoms with Gasteiger partial charge in [0, 0.05) is 6.04 Å². The van der Waals surface area contributed by atoms with Crippen molar-refractivity contribution >= 4 is 0 Å². The van der Waals surface area contributed by atoms with Gasteiger partial charge in [-0.3, -0.25) is 0 Å². The van der Waals surface area contributed by atoms with Gasteiger partial charge in [-0.25, -0.2) is 0 Å². The molecule has 1 saturated carbocycles. The van der Waals surface area contributed by atoms with Crippen LogP contribution in [0.25, 0.3) is 0 Å². The Hall–Kier alpha value is -1.02. The van der Waals surface area contributed by atoms with Crippen molar-refractivity contribution in [1.82, 2.24) is 5.32 Å². The Kier molecular flexibility index (Phi) is 4.06. The third-order valence-corrected chi connectivity index (χ3v) is 3.51. The van der Waals surface area contributed by atoms with E-state index in [-0.39, 0.29) is 0 Å². The number of ether oxygens (including phenoxy) is 1. The van der Waals surface area contributed by atoms with Crippen molar-refractivity contribution in [2.45, 2.75) is 52.2 Å². The second-order valence-electron chi connectivity index (χ2n) is 5.08. The summed E-state index contributed by atoms with van der Waals surface area (Å²) in [5, 5.41) is 3.51. The smallest absolute Gasteiger partial charge is 0.122 e. The molecule has 0 amide bonds. The summed E-state index contributed by atoms with van der Waals surface area (Å²) in [5.41, 5.74) is 2.51. The van der Waals surface area contributed by atoms with Crippen LogP contribution in [0.3, 0.4) is 0 Å². The lowest BCUT2D eigenvalue weighted by Crippen LogP contribution is -2.27. The largest absolute Gasteiger partial charge is 0.490 e. The first-order chi connectivity index (χ1) is 8.19. The second kappa shape index (κ2) is 5.54. The van der Waals surface area contributed by atoms with E-state index < -0.39 is 0 Å². The zero-order valence-electron chi connectivity index (χ0n) is 11.1. The summed E-state index contributed by atoms with van der Waals surface area (Å²) in [6.07, 6.45) is 3.94.